The van der Waals surface area contributed by atoms with E-state index >= 15 is 0 Å². The van der Waals surface area contributed by atoms with Gasteiger partial charge in [-0.3, -0.25) is 4.79 Å². The number of carbonyl (C=O) groups is 1. The third-order valence-electron chi connectivity index (χ3n) is 5.37. The Balaban J connectivity index is 1.18. The zero-order chi connectivity index (χ0) is 19.6. The number of nitrogens with zero attached hydrogens (tertiary/aromatic N) is 2. The maximum atomic E-state index is 12.5. The van der Waals surface area contributed by atoms with Gasteiger partial charge in [0.15, 0.2) is 11.5 Å². The fourth-order valence-electron chi connectivity index (χ4n) is 3.97. The van der Waals surface area contributed by atoms with E-state index in [9.17, 15) is 4.79 Å². The van der Waals surface area contributed by atoms with Gasteiger partial charge < -0.3 is 30.0 Å². The van der Waals surface area contributed by atoms with E-state index in [1.807, 2.05) is 36.7 Å². The zero-order valence-corrected chi connectivity index (χ0v) is 16.0. The van der Waals surface area contributed by atoms with E-state index in [1.54, 1.807) is 0 Å². The number of H-pyrrole nitrogens is 1. The maximum Gasteiger partial charge on any atom is 0.239 e. The molecule has 8 heteroatoms. The van der Waals surface area contributed by atoms with E-state index in [0.717, 1.165) is 54.1 Å². The zero-order valence-electron chi connectivity index (χ0n) is 16.0. The van der Waals surface area contributed by atoms with Gasteiger partial charge in [-0.15, -0.1) is 0 Å². The van der Waals surface area contributed by atoms with Crippen LogP contribution in [0.1, 0.15) is 12.8 Å². The summed E-state index contributed by atoms with van der Waals surface area (Å²) in [6.07, 6.45) is 5.74. The maximum absolute atomic E-state index is 12.5. The van der Waals surface area contributed by atoms with Gasteiger partial charge >= 0.3 is 0 Å². The molecule has 29 heavy (non-hydrogen) atoms. The molecule has 2 aromatic heterocycles. The van der Waals surface area contributed by atoms with Crippen molar-refractivity contribution in [2.45, 2.75) is 18.9 Å². The van der Waals surface area contributed by atoms with Gasteiger partial charge in [-0.1, -0.05) is 0 Å². The molecule has 0 aliphatic carbocycles. The Morgan fingerprint density at radius 3 is 3.14 bits per heavy atom. The van der Waals surface area contributed by atoms with E-state index < -0.39 is 0 Å². The van der Waals surface area contributed by atoms with Crippen molar-refractivity contribution in [1.29, 1.82) is 0 Å². The lowest BCUT2D eigenvalue weighted by Gasteiger charge is -2.34. The number of benzene rings is 1. The van der Waals surface area contributed by atoms with E-state index in [1.165, 1.54) is 0 Å². The molecule has 1 amide bonds. The second-order valence-electron chi connectivity index (χ2n) is 7.35. The molecule has 3 N–H and O–H groups in total. The molecule has 5 rings (SSSR count). The Labute approximate surface area is 168 Å². The van der Waals surface area contributed by atoms with E-state index in [-0.39, 0.29) is 25.3 Å². The van der Waals surface area contributed by atoms with Crippen LogP contribution in [0.15, 0.2) is 42.7 Å². The number of ether oxygens (including phenoxy) is 2. The number of hydrogen-bond donors (Lipinski definition) is 3. The molecule has 2 aliphatic heterocycles. The largest absolute Gasteiger partial charge is 0.454 e. The van der Waals surface area contributed by atoms with Crippen molar-refractivity contribution in [2.24, 2.45) is 0 Å². The summed E-state index contributed by atoms with van der Waals surface area (Å²) in [4.78, 5) is 22.5. The average Bonchev–Trinajstić information content (AvgIpc) is 3.41. The molecular formula is C21H23N5O3. The molecule has 150 valence electrons. The number of anilines is 2. The lowest BCUT2D eigenvalue weighted by atomic mass is 10.1. The minimum absolute atomic E-state index is 0.0256. The normalized spacial score (nSPS) is 18.1. The first kappa shape index (κ1) is 17.7. The quantitative estimate of drug-likeness (QED) is 0.617. The smallest absolute Gasteiger partial charge is 0.239 e. The summed E-state index contributed by atoms with van der Waals surface area (Å²) < 4.78 is 10.7. The number of amides is 1. The van der Waals surface area contributed by atoms with Gasteiger partial charge in [-0.05, 0) is 37.1 Å². The van der Waals surface area contributed by atoms with Gasteiger partial charge in [0.25, 0.3) is 0 Å². The third-order valence-corrected chi connectivity index (χ3v) is 5.37. The third kappa shape index (κ3) is 3.65. The number of rotatable bonds is 5. The Morgan fingerprint density at radius 1 is 1.24 bits per heavy atom. The molecule has 3 aromatic rings. The number of piperidine rings is 1. The molecule has 0 spiro atoms. The number of aromatic amines is 1. The van der Waals surface area contributed by atoms with Crippen LogP contribution in [-0.4, -0.2) is 48.3 Å². The predicted octanol–water partition coefficient (Wildman–Crippen LogP) is 2.49. The number of pyridine rings is 1. The number of fused-ring (bicyclic) bond motifs is 2. The lowest BCUT2D eigenvalue weighted by Crippen LogP contribution is -2.49. The topological polar surface area (TPSA) is 91.5 Å². The number of aromatic nitrogens is 2. The summed E-state index contributed by atoms with van der Waals surface area (Å²) in [5, 5.41) is 7.41. The highest BCUT2D eigenvalue weighted by atomic mass is 16.7. The van der Waals surface area contributed by atoms with Gasteiger partial charge in [-0.2, -0.15) is 0 Å². The molecule has 2 aliphatic rings. The van der Waals surface area contributed by atoms with Crippen LogP contribution in [0.5, 0.6) is 11.5 Å². The van der Waals surface area contributed by atoms with Crippen molar-refractivity contribution in [3.63, 3.8) is 0 Å². The van der Waals surface area contributed by atoms with Crippen molar-refractivity contribution >= 4 is 28.3 Å². The fraction of sp³-hybridized carbons (Fsp3) is 0.333. The Bertz CT molecular complexity index is 1030. The molecule has 4 heterocycles. The first-order chi connectivity index (χ1) is 14.3. The standard InChI is InChI=1S/C21H23N5O3/c27-20(11-24-14-3-4-18-19(10-14)29-13-28-18)25-15-2-1-9-26(12-15)21-16-5-7-22-17(16)6-8-23-21/h3-8,10,15,22,24H,1-2,9,11-13H2,(H,25,27). The van der Waals surface area contributed by atoms with Gasteiger partial charge in [0.05, 0.1) is 12.1 Å². The highest BCUT2D eigenvalue weighted by Crippen LogP contribution is 2.34. The van der Waals surface area contributed by atoms with Gasteiger partial charge in [-0.25, -0.2) is 4.98 Å². The van der Waals surface area contributed by atoms with Crippen molar-refractivity contribution in [1.82, 2.24) is 15.3 Å². The second-order valence-corrected chi connectivity index (χ2v) is 7.35. The summed E-state index contributed by atoms with van der Waals surface area (Å²) >= 11 is 0. The first-order valence-electron chi connectivity index (χ1n) is 9.86. The monoisotopic (exact) mass is 393 g/mol. The van der Waals surface area contributed by atoms with Gasteiger partial charge in [0.1, 0.15) is 5.82 Å². The van der Waals surface area contributed by atoms with E-state index in [4.69, 9.17) is 9.47 Å². The second kappa shape index (κ2) is 7.54. The summed E-state index contributed by atoms with van der Waals surface area (Å²) in [7, 11) is 0. The fourth-order valence-corrected chi connectivity index (χ4v) is 3.97. The Morgan fingerprint density at radius 2 is 2.17 bits per heavy atom. The van der Waals surface area contributed by atoms with Crippen LogP contribution < -0.4 is 25.0 Å². The van der Waals surface area contributed by atoms with E-state index in [0.29, 0.717) is 5.75 Å². The SMILES string of the molecule is O=C(CNc1ccc2c(c1)OCO2)NC1CCCN(c2nccc3[nH]ccc23)C1. The van der Waals surface area contributed by atoms with Crippen LogP contribution in [0, 0.1) is 0 Å². The summed E-state index contributed by atoms with van der Waals surface area (Å²) in [5.74, 6) is 2.38. The van der Waals surface area contributed by atoms with Crippen molar-refractivity contribution in [3.8, 4) is 11.5 Å². The molecule has 0 bridgehead atoms. The average molecular weight is 393 g/mol. The van der Waals surface area contributed by atoms with E-state index in [2.05, 4.69) is 31.6 Å². The highest BCUT2D eigenvalue weighted by Gasteiger charge is 2.23. The molecule has 0 radical (unpaired) electrons. The predicted molar refractivity (Wildman–Crippen MR) is 111 cm³/mol. The van der Waals surface area contributed by atoms with Gasteiger partial charge in [0.2, 0.25) is 12.7 Å². The highest BCUT2D eigenvalue weighted by molar-refractivity contribution is 5.90. The summed E-state index contributed by atoms with van der Waals surface area (Å²) in [6.45, 7) is 2.15. The molecule has 1 fully saturated rings. The Hall–Kier alpha value is -3.42. The molecule has 1 unspecified atom stereocenters. The summed E-state index contributed by atoms with van der Waals surface area (Å²) in [6, 6.07) is 9.70. The van der Waals surface area contributed by atoms with Crippen LogP contribution in [-0.2, 0) is 4.79 Å². The van der Waals surface area contributed by atoms with Crippen molar-refractivity contribution < 1.29 is 14.3 Å². The van der Waals surface area contributed by atoms with Crippen molar-refractivity contribution in [3.05, 3.63) is 42.7 Å². The van der Waals surface area contributed by atoms with Crippen molar-refractivity contribution in [2.75, 3.05) is 36.6 Å². The van der Waals surface area contributed by atoms with Crippen LogP contribution in [0.4, 0.5) is 11.5 Å². The minimum Gasteiger partial charge on any atom is -0.454 e. The number of carbonyl (C=O) groups excluding carboxylic acids is 1. The molecule has 0 saturated carbocycles. The molecule has 8 nitrogen and oxygen atoms in total. The van der Waals surface area contributed by atoms with Crippen LogP contribution >= 0.6 is 0 Å². The van der Waals surface area contributed by atoms with Crippen LogP contribution in [0.3, 0.4) is 0 Å². The molecule has 1 atom stereocenters. The van der Waals surface area contributed by atoms with Gasteiger partial charge in [0, 0.05) is 48.7 Å². The molecule has 1 aromatic carbocycles. The molecule has 1 saturated heterocycles. The lowest BCUT2D eigenvalue weighted by molar-refractivity contribution is -0.120. The van der Waals surface area contributed by atoms with Crippen LogP contribution in [0.25, 0.3) is 10.9 Å². The number of hydrogen-bond acceptors (Lipinski definition) is 6. The first-order valence-corrected chi connectivity index (χ1v) is 9.86. The Kier molecular flexibility index (Phi) is 4.59. The van der Waals surface area contributed by atoms with Crippen LogP contribution in [0.2, 0.25) is 0 Å². The molecular weight excluding hydrogens is 370 g/mol. The summed E-state index contributed by atoms with van der Waals surface area (Å²) in [5.41, 5.74) is 1.91. The minimum atomic E-state index is -0.0256. The number of nitrogens with one attached hydrogen (secondary N) is 3.